The van der Waals surface area contributed by atoms with Crippen LogP contribution in [0.1, 0.15) is 17.4 Å². The predicted octanol–water partition coefficient (Wildman–Crippen LogP) is 2.55. The Hall–Kier alpha value is -2.02. The van der Waals surface area contributed by atoms with E-state index in [1.54, 1.807) is 12.4 Å². The van der Waals surface area contributed by atoms with Gasteiger partial charge in [-0.25, -0.2) is 4.98 Å². The van der Waals surface area contributed by atoms with Crippen molar-refractivity contribution in [3.63, 3.8) is 0 Å². The molecule has 1 aromatic carbocycles. The number of nitrogens with zero attached hydrogens (tertiary/aromatic N) is 1. The van der Waals surface area contributed by atoms with Crippen LogP contribution in [0.5, 0.6) is 5.75 Å². The van der Waals surface area contributed by atoms with Gasteiger partial charge in [-0.05, 0) is 17.7 Å². The molecule has 102 valence electrons. The van der Waals surface area contributed by atoms with Crippen molar-refractivity contribution in [2.45, 2.75) is 18.8 Å². The third-order valence-electron chi connectivity index (χ3n) is 2.51. The third-order valence-corrected chi connectivity index (χ3v) is 2.51. The van der Waals surface area contributed by atoms with Gasteiger partial charge in [-0.3, -0.25) is 0 Å². The molecule has 0 saturated heterocycles. The van der Waals surface area contributed by atoms with Crippen molar-refractivity contribution in [3.05, 3.63) is 48.0 Å². The first kappa shape index (κ1) is 13.4. The number of halogens is 3. The molecule has 0 bridgehead atoms. The van der Waals surface area contributed by atoms with Gasteiger partial charge in [0.15, 0.2) is 0 Å². The SMILES string of the molecule is NC(Cc1ncc[nH]1)c1ccc(OC(F)(F)F)cc1. The fourth-order valence-corrected chi connectivity index (χ4v) is 1.65. The van der Waals surface area contributed by atoms with Gasteiger partial charge in [0.05, 0.1) is 0 Å². The van der Waals surface area contributed by atoms with Gasteiger partial charge < -0.3 is 15.5 Å². The maximum atomic E-state index is 12.0. The molecule has 0 amide bonds. The van der Waals surface area contributed by atoms with Crippen LogP contribution in [0, 0.1) is 0 Å². The molecule has 7 heteroatoms. The molecule has 4 nitrogen and oxygen atoms in total. The zero-order valence-electron chi connectivity index (χ0n) is 9.82. The highest BCUT2D eigenvalue weighted by atomic mass is 19.4. The average Bonchev–Trinajstić information content (AvgIpc) is 2.80. The van der Waals surface area contributed by atoms with Gasteiger partial charge in [0.25, 0.3) is 0 Å². The van der Waals surface area contributed by atoms with Gasteiger partial charge >= 0.3 is 6.36 Å². The van der Waals surface area contributed by atoms with Crippen molar-refractivity contribution in [1.29, 1.82) is 0 Å². The number of hydrogen-bond donors (Lipinski definition) is 2. The van der Waals surface area contributed by atoms with Crippen molar-refractivity contribution in [3.8, 4) is 5.75 Å². The van der Waals surface area contributed by atoms with E-state index in [-0.39, 0.29) is 11.8 Å². The minimum atomic E-state index is -4.68. The Morgan fingerprint density at radius 2 is 1.95 bits per heavy atom. The Kier molecular flexibility index (Phi) is 3.75. The topological polar surface area (TPSA) is 63.9 Å². The summed E-state index contributed by atoms with van der Waals surface area (Å²) in [5, 5.41) is 0. The second-order valence-electron chi connectivity index (χ2n) is 3.96. The summed E-state index contributed by atoms with van der Waals surface area (Å²) >= 11 is 0. The van der Waals surface area contributed by atoms with E-state index in [2.05, 4.69) is 14.7 Å². The minimum Gasteiger partial charge on any atom is -0.406 e. The van der Waals surface area contributed by atoms with Crippen molar-refractivity contribution >= 4 is 0 Å². The standard InChI is InChI=1S/C12H12F3N3O/c13-12(14,15)19-9-3-1-8(2-4-9)10(16)7-11-17-5-6-18-11/h1-6,10H,7,16H2,(H,17,18). The Morgan fingerprint density at radius 3 is 2.47 bits per heavy atom. The molecule has 0 fully saturated rings. The lowest BCUT2D eigenvalue weighted by molar-refractivity contribution is -0.274. The van der Waals surface area contributed by atoms with Crippen LogP contribution < -0.4 is 10.5 Å². The molecule has 0 spiro atoms. The molecule has 19 heavy (non-hydrogen) atoms. The number of H-pyrrole nitrogens is 1. The number of nitrogens with one attached hydrogen (secondary N) is 1. The van der Waals surface area contributed by atoms with E-state index in [0.717, 1.165) is 5.82 Å². The smallest absolute Gasteiger partial charge is 0.406 e. The van der Waals surface area contributed by atoms with E-state index in [9.17, 15) is 13.2 Å². The minimum absolute atomic E-state index is 0.263. The number of benzene rings is 1. The van der Waals surface area contributed by atoms with Gasteiger partial charge in [0.2, 0.25) is 0 Å². The van der Waals surface area contributed by atoms with Crippen molar-refractivity contribution in [1.82, 2.24) is 9.97 Å². The summed E-state index contributed by atoms with van der Waals surface area (Å²) in [4.78, 5) is 6.95. The molecule has 1 atom stereocenters. The summed E-state index contributed by atoms with van der Waals surface area (Å²) in [5.74, 6) is 0.463. The first-order valence-electron chi connectivity index (χ1n) is 5.53. The highest BCUT2D eigenvalue weighted by Crippen LogP contribution is 2.24. The molecule has 0 radical (unpaired) electrons. The monoisotopic (exact) mass is 271 g/mol. The molecule has 1 heterocycles. The number of alkyl halides is 3. The second kappa shape index (κ2) is 5.31. The van der Waals surface area contributed by atoms with E-state index in [4.69, 9.17) is 5.73 Å². The Bertz CT molecular complexity index is 508. The number of aromatic amines is 1. The number of rotatable bonds is 4. The fraction of sp³-hybridized carbons (Fsp3) is 0.250. The third kappa shape index (κ3) is 3.99. The number of ether oxygens (including phenoxy) is 1. The molecule has 3 N–H and O–H groups in total. The maximum absolute atomic E-state index is 12.0. The lowest BCUT2D eigenvalue weighted by Gasteiger charge is -2.12. The summed E-state index contributed by atoms with van der Waals surface area (Å²) in [6.07, 6.45) is -0.908. The number of imidazole rings is 1. The second-order valence-corrected chi connectivity index (χ2v) is 3.96. The molecule has 1 aromatic heterocycles. The summed E-state index contributed by atoms with van der Waals surface area (Å²) in [6.45, 7) is 0. The van der Waals surface area contributed by atoms with Crippen LogP contribution in [0.25, 0.3) is 0 Å². The van der Waals surface area contributed by atoms with Crippen LogP contribution in [-0.4, -0.2) is 16.3 Å². The quantitative estimate of drug-likeness (QED) is 0.898. The number of hydrogen-bond acceptors (Lipinski definition) is 3. The predicted molar refractivity (Wildman–Crippen MR) is 62.3 cm³/mol. The van der Waals surface area contributed by atoms with Crippen LogP contribution in [0.15, 0.2) is 36.7 Å². The Balaban J connectivity index is 2.01. The summed E-state index contributed by atoms with van der Waals surface area (Å²) in [6, 6.07) is 5.16. The van der Waals surface area contributed by atoms with Crippen LogP contribution >= 0.6 is 0 Å². The molecule has 0 aliphatic heterocycles. The van der Waals surface area contributed by atoms with E-state index >= 15 is 0 Å². The van der Waals surface area contributed by atoms with Gasteiger partial charge in [-0.2, -0.15) is 0 Å². The number of aromatic nitrogens is 2. The molecule has 1 unspecified atom stereocenters. The first-order valence-corrected chi connectivity index (χ1v) is 5.53. The fourth-order valence-electron chi connectivity index (χ4n) is 1.65. The largest absolute Gasteiger partial charge is 0.573 e. The van der Waals surface area contributed by atoms with Crippen LogP contribution in [0.4, 0.5) is 13.2 Å². The van der Waals surface area contributed by atoms with Gasteiger partial charge in [-0.1, -0.05) is 12.1 Å². The highest BCUT2D eigenvalue weighted by molar-refractivity contribution is 5.29. The Labute approximate surface area is 107 Å². The zero-order valence-corrected chi connectivity index (χ0v) is 9.82. The van der Waals surface area contributed by atoms with Crippen LogP contribution in [0.2, 0.25) is 0 Å². The van der Waals surface area contributed by atoms with Crippen molar-refractivity contribution < 1.29 is 17.9 Å². The van der Waals surface area contributed by atoms with E-state index in [1.165, 1.54) is 24.3 Å². The van der Waals surface area contributed by atoms with Gasteiger partial charge in [0.1, 0.15) is 11.6 Å². The normalized spacial score (nSPS) is 13.3. The highest BCUT2D eigenvalue weighted by Gasteiger charge is 2.31. The summed E-state index contributed by atoms with van der Waals surface area (Å²) in [5.41, 5.74) is 6.65. The molecular weight excluding hydrogens is 259 g/mol. The molecule has 2 rings (SSSR count). The summed E-state index contributed by atoms with van der Waals surface area (Å²) in [7, 11) is 0. The number of nitrogens with two attached hydrogens (primary N) is 1. The first-order chi connectivity index (χ1) is 8.94. The lowest BCUT2D eigenvalue weighted by Crippen LogP contribution is -2.17. The summed E-state index contributed by atoms with van der Waals surface area (Å²) < 4.78 is 39.8. The van der Waals surface area contributed by atoms with Crippen molar-refractivity contribution in [2.24, 2.45) is 5.73 Å². The van der Waals surface area contributed by atoms with Crippen LogP contribution in [0.3, 0.4) is 0 Å². The van der Waals surface area contributed by atoms with E-state index in [0.29, 0.717) is 12.0 Å². The maximum Gasteiger partial charge on any atom is 0.573 e. The van der Waals surface area contributed by atoms with Crippen LogP contribution in [-0.2, 0) is 6.42 Å². The van der Waals surface area contributed by atoms with Gasteiger partial charge in [0, 0.05) is 24.9 Å². The zero-order chi connectivity index (χ0) is 13.9. The molecule has 0 saturated carbocycles. The van der Waals surface area contributed by atoms with Gasteiger partial charge in [-0.15, -0.1) is 13.2 Å². The molecular formula is C12H12F3N3O. The lowest BCUT2D eigenvalue weighted by atomic mass is 10.0. The molecule has 0 aliphatic rings. The molecule has 0 aliphatic carbocycles. The van der Waals surface area contributed by atoms with E-state index in [1.807, 2.05) is 0 Å². The Morgan fingerprint density at radius 1 is 1.26 bits per heavy atom. The van der Waals surface area contributed by atoms with E-state index < -0.39 is 6.36 Å². The average molecular weight is 271 g/mol. The molecule has 2 aromatic rings. The van der Waals surface area contributed by atoms with Crippen molar-refractivity contribution in [2.75, 3.05) is 0 Å².